The number of nitrogens with one attached hydrogen (secondary N) is 2. The Morgan fingerprint density at radius 2 is 1.96 bits per heavy atom. The van der Waals surface area contributed by atoms with Crippen LogP contribution in [0.5, 0.6) is 0 Å². The van der Waals surface area contributed by atoms with Gasteiger partial charge >= 0.3 is 0 Å². The molecule has 0 saturated heterocycles. The molecule has 1 atom stereocenters. The number of aromatic amines is 1. The molecule has 0 amide bonds. The van der Waals surface area contributed by atoms with Gasteiger partial charge in [0.15, 0.2) is 0 Å². The Bertz CT molecular complexity index is 999. The molecule has 3 aromatic rings. The van der Waals surface area contributed by atoms with Crippen LogP contribution in [0.3, 0.4) is 0 Å². The summed E-state index contributed by atoms with van der Waals surface area (Å²) in [5, 5.41) is 0. The molecule has 0 spiro atoms. The highest BCUT2D eigenvalue weighted by atomic mass is 32.2. The summed E-state index contributed by atoms with van der Waals surface area (Å²) in [6.07, 6.45) is 7.01. The summed E-state index contributed by atoms with van der Waals surface area (Å²) in [6, 6.07) is 15.6. The van der Waals surface area contributed by atoms with Gasteiger partial charge < -0.3 is 4.98 Å². The first-order valence-corrected chi connectivity index (χ1v) is 10.9. The zero-order valence-electron chi connectivity index (χ0n) is 15.1. The van der Waals surface area contributed by atoms with Gasteiger partial charge in [-0.2, -0.15) is 0 Å². The lowest BCUT2D eigenvalue weighted by Crippen LogP contribution is -2.21. The summed E-state index contributed by atoms with van der Waals surface area (Å²) in [7, 11) is -3.41. The second-order valence-corrected chi connectivity index (χ2v) is 8.82. The number of hydrogen-bond donors (Lipinski definition) is 2. The van der Waals surface area contributed by atoms with E-state index in [1.165, 1.54) is 5.56 Å². The Morgan fingerprint density at radius 1 is 1.11 bits per heavy atom. The van der Waals surface area contributed by atoms with Crippen LogP contribution < -0.4 is 4.72 Å². The fourth-order valence-corrected chi connectivity index (χ4v) is 4.97. The van der Waals surface area contributed by atoms with Crippen molar-refractivity contribution in [3.05, 3.63) is 83.4 Å². The number of imidazole rings is 1. The third-order valence-corrected chi connectivity index (χ3v) is 6.44. The first-order valence-electron chi connectivity index (χ1n) is 9.27. The summed E-state index contributed by atoms with van der Waals surface area (Å²) < 4.78 is 28.1. The standard InChI is InChI=1S/C21H23N3O2S/c25-27(26,13-12-16-6-2-1-3-7-16)24-20-11-5-8-17-18(20)9-4-10-19(17)21-14-22-15-23-21/h1-3,5-8,11,14-15,19,24H,4,9-10,12-13H2,(H,22,23). The molecular formula is C21H23N3O2S. The Labute approximate surface area is 159 Å². The van der Waals surface area contributed by atoms with E-state index in [9.17, 15) is 8.42 Å². The van der Waals surface area contributed by atoms with Gasteiger partial charge in [0.05, 0.1) is 17.8 Å². The molecular weight excluding hydrogens is 358 g/mol. The molecule has 2 N–H and O–H groups in total. The topological polar surface area (TPSA) is 74.8 Å². The van der Waals surface area contributed by atoms with Gasteiger partial charge in [0.1, 0.15) is 0 Å². The molecule has 4 rings (SSSR count). The molecule has 1 aliphatic carbocycles. The van der Waals surface area contributed by atoms with Crippen molar-refractivity contribution in [3.8, 4) is 0 Å². The van der Waals surface area contributed by atoms with Crippen LogP contribution in [0.25, 0.3) is 0 Å². The minimum atomic E-state index is -3.41. The highest BCUT2D eigenvalue weighted by Gasteiger charge is 2.25. The molecule has 1 heterocycles. The predicted molar refractivity (Wildman–Crippen MR) is 107 cm³/mol. The van der Waals surface area contributed by atoms with E-state index in [4.69, 9.17) is 0 Å². The first-order chi connectivity index (χ1) is 13.1. The van der Waals surface area contributed by atoms with Crippen molar-refractivity contribution in [1.82, 2.24) is 9.97 Å². The van der Waals surface area contributed by atoms with Gasteiger partial charge in [0.2, 0.25) is 10.0 Å². The van der Waals surface area contributed by atoms with Crippen LogP contribution in [-0.4, -0.2) is 24.1 Å². The SMILES string of the molecule is O=S(=O)(CCc1ccccc1)Nc1cccc2c1CCCC2c1cnc[nH]1. The van der Waals surface area contributed by atoms with Crippen LogP contribution in [0.4, 0.5) is 5.69 Å². The van der Waals surface area contributed by atoms with Crippen molar-refractivity contribution in [2.24, 2.45) is 0 Å². The molecule has 0 bridgehead atoms. The maximum Gasteiger partial charge on any atom is 0.233 e. The lowest BCUT2D eigenvalue weighted by molar-refractivity contribution is 0.598. The second kappa shape index (κ2) is 7.56. The van der Waals surface area contributed by atoms with E-state index in [1.54, 1.807) is 6.33 Å². The maximum atomic E-state index is 12.6. The van der Waals surface area contributed by atoms with Crippen LogP contribution in [0.1, 0.15) is 41.1 Å². The monoisotopic (exact) mass is 381 g/mol. The number of fused-ring (bicyclic) bond motifs is 1. The molecule has 1 aromatic heterocycles. The number of rotatable bonds is 6. The molecule has 6 heteroatoms. The minimum Gasteiger partial charge on any atom is -0.348 e. The minimum absolute atomic E-state index is 0.0741. The lowest BCUT2D eigenvalue weighted by atomic mass is 9.80. The Kier molecular flexibility index (Phi) is 4.99. The number of H-pyrrole nitrogens is 1. The van der Waals surface area contributed by atoms with E-state index in [-0.39, 0.29) is 11.7 Å². The Morgan fingerprint density at radius 3 is 2.74 bits per heavy atom. The molecule has 0 aliphatic heterocycles. The lowest BCUT2D eigenvalue weighted by Gasteiger charge is -2.27. The average Bonchev–Trinajstić information content (AvgIpc) is 3.22. The summed E-state index contributed by atoms with van der Waals surface area (Å²) in [6.45, 7) is 0. The van der Waals surface area contributed by atoms with Crippen LogP contribution in [0.2, 0.25) is 0 Å². The van der Waals surface area contributed by atoms with E-state index >= 15 is 0 Å². The van der Waals surface area contributed by atoms with Gasteiger partial charge in [-0.15, -0.1) is 0 Å². The van der Waals surface area contributed by atoms with Crippen LogP contribution in [0, 0.1) is 0 Å². The first kappa shape index (κ1) is 17.8. The van der Waals surface area contributed by atoms with Crippen LogP contribution >= 0.6 is 0 Å². The van der Waals surface area contributed by atoms with E-state index < -0.39 is 10.0 Å². The number of aromatic nitrogens is 2. The maximum absolute atomic E-state index is 12.6. The van der Waals surface area contributed by atoms with Gasteiger partial charge in [0, 0.05) is 17.8 Å². The number of aryl methyl sites for hydroxylation is 1. The van der Waals surface area contributed by atoms with E-state index in [0.29, 0.717) is 12.1 Å². The third-order valence-electron chi connectivity index (χ3n) is 5.17. The fraction of sp³-hybridized carbons (Fsp3) is 0.286. The average molecular weight is 382 g/mol. The van der Waals surface area contributed by atoms with Gasteiger partial charge in [-0.3, -0.25) is 4.72 Å². The largest absolute Gasteiger partial charge is 0.348 e. The van der Waals surface area contributed by atoms with Crippen molar-refractivity contribution < 1.29 is 8.42 Å². The zero-order chi connectivity index (χ0) is 18.7. The summed E-state index contributed by atoms with van der Waals surface area (Å²) >= 11 is 0. The normalized spacial score (nSPS) is 16.7. The molecule has 0 radical (unpaired) electrons. The fourth-order valence-electron chi connectivity index (χ4n) is 3.84. The molecule has 1 unspecified atom stereocenters. The molecule has 0 saturated carbocycles. The van der Waals surface area contributed by atoms with Gasteiger partial charge in [-0.05, 0) is 48.4 Å². The smallest absolute Gasteiger partial charge is 0.233 e. The number of sulfonamides is 1. The molecule has 27 heavy (non-hydrogen) atoms. The van der Waals surface area contributed by atoms with Crippen molar-refractivity contribution in [2.75, 3.05) is 10.5 Å². The van der Waals surface area contributed by atoms with Crippen molar-refractivity contribution in [1.29, 1.82) is 0 Å². The molecule has 0 fully saturated rings. The molecule has 1 aliphatic rings. The van der Waals surface area contributed by atoms with Crippen LogP contribution in [0.15, 0.2) is 61.1 Å². The molecule has 2 aromatic carbocycles. The zero-order valence-corrected chi connectivity index (χ0v) is 15.9. The number of benzene rings is 2. The van der Waals surface area contributed by atoms with Crippen LogP contribution in [-0.2, 0) is 22.9 Å². The molecule has 140 valence electrons. The summed E-state index contributed by atoms with van der Waals surface area (Å²) in [4.78, 5) is 7.34. The number of hydrogen-bond acceptors (Lipinski definition) is 3. The summed E-state index contributed by atoms with van der Waals surface area (Å²) in [5.74, 6) is 0.315. The van der Waals surface area contributed by atoms with E-state index in [0.717, 1.165) is 36.1 Å². The third kappa shape index (κ3) is 4.06. The second-order valence-electron chi connectivity index (χ2n) is 6.98. The Balaban J connectivity index is 1.55. The molecule has 5 nitrogen and oxygen atoms in total. The Hall–Kier alpha value is -2.60. The summed E-state index contributed by atoms with van der Waals surface area (Å²) in [5.41, 5.74) is 5.11. The highest BCUT2D eigenvalue weighted by Crippen LogP contribution is 2.39. The number of anilines is 1. The van der Waals surface area contributed by atoms with Gasteiger partial charge in [-0.1, -0.05) is 42.5 Å². The highest BCUT2D eigenvalue weighted by molar-refractivity contribution is 7.92. The van der Waals surface area contributed by atoms with Crippen molar-refractivity contribution in [2.45, 2.75) is 31.6 Å². The number of nitrogens with zero attached hydrogens (tertiary/aromatic N) is 1. The van der Waals surface area contributed by atoms with Gasteiger partial charge in [-0.25, -0.2) is 13.4 Å². The predicted octanol–water partition coefficient (Wildman–Crippen LogP) is 3.86. The van der Waals surface area contributed by atoms with Crippen molar-refractivity contribution in [3.63, 3.8) is 0 Å². The van der Waals surface area contributed by atoms with E-state index in [1.807, 2.05) is 48.7 Å². The van der Waals surface area contributed by atoms with Crippen molar-refractivity contribution >= 4 is 15.7 Å². The van der Waals surface area contributed by atoms with Gasteiger partial charge in [0.25, 0.3) is 0 Å². The van der Waals surface area contributed by atoms with E-state index in [2.05, 4.69) is 20.8 Å². The quantitative estimate of drug-likeness (QED) is 0.681.